The van der Waals surface area contributed by atoms with E-state index in [1.807, 2.05) is 24.3 Å². The highest BCUT2D eigenvalue weighted by atomic mass is 35.5. The van der Waals surface area contributed by atoms with Crippen LogP contribution in [-0.4, -0.2) is 19.1 Å². The first-order valence-electron chi connectivity index (χ1n) is 8.33. The lowest BCUT2D eigenvalue weighted by molar-refractivity contribution is 0.0954. The average molecular weight is 404 g/mol. The van der Waals surface area contributed by atoms with Crippen LogP contribution >= 0.6 is 22.9 Å². The topological polar surface area (TPSA) is 47.6 Å². The van der Waals surface area contributed by atoms with Gasteiger partial charge in [0.1, 0.15) is 19.0 Å². The summed E-state index contributed by atoms with van der Waals surface area (Å²) in [5.41, 5.74) is 1.22. The molecule has 7 heteroatoms. The third-order valence-corrected chi connectivity index (χ3v) is 5.63. The molecule has 0 fully saturated rings. The highest BCUT2D eigenvalue weighted by molar-refractivity contribution is 7.17. The van der Waals surface area contributed by atoms with Crippen LogP contribution in [0.5, 0.6) is 11.5 Å². The van der Waals surface area contributed by atoms with E-state index in [9.17, 15) is 9.18 Å². The molecule has 27 heavy (non-hydrogen) atoms. The molecule has 0 saturated carbocycles. The largest absolute Gasteiger partial charge is 0.486 e. The molecule has 0 unspecified atom stereocenters. The monoisotopic (exact) mass is 403 g/mol. The predicted molar refractivity (Wildman–Crippen MR) is 103 cm³/mol. The number of benzene rings is 2. The number of amides is 1. The summed E-state index contributed by atoms with van der Waals surface area (Å²) in [6, 6.07) is 13.8. The number of halogens is 2. The van der Waals surface area contributed by atoms with Crippen molar-refractivity contribution >= 4 is 28.8 Å². The van der Waals surface area contributed by atoms with Gasteiger partial charge in [0.05, 0.1) is 4.88 Å². The molecular formula is C20H15ClFNO3S. The fraction of sp³-hybridized carbons (Fsp3) is 0.150. The Morgan fingerprint density at radius 3 is 2.74 bits per heavy atom. The molecular weight excluding hydrogens is 389 g/mol. The molecule has 1 amide bonds. The Morgan fingerprint density at radius 1 is 1.11 bits per heavy atom. The minimum absolute atomic E-state index is 0.0294. The van der Waals surface area contributed by atoms with Crippen LogP contribution in [0, 0.1) is 5.82 Å². The van der Waals surface area contributed by atoms with Gasteiger partial charge in [-0.05, 0) is 48.0 Å². The van der Waals surface area contributed by atoms with E-state index < -0.39 is 5.82 Å². The molecule has 0 radical (unpaired) electrons. The summed E-state index contributed by atoms with van der Waals surface area (Å²) in [4.78, 5) is 13.9. The number of rotatable bonds is 4. The molecule has 0 saturated heterocycles. The molecule has 3 aromatic rings. The fourth-order valence-corrected chi connectivity index (χ4v) is 3.92. The van der Waals surface area contributed by atoms with Gasteiger partial charge in [0.15, 0.2) is 11.5 Å². The Hall–Kier alpha value is -2.57. The third-order valence-electron chi connectivity index (χ3n) is 4.14. The predicted octanol–water partition coefficient (Wildman–Crippen LogP) is 4.91. The minimum atomic E-state index is -0.439. The number of hydrogen-bond donors (Lipinski definition) is 1. The summed E-state index contributed by atoms with van der Waals surface area (Å²) in [5, 5.41) is 3.00. The molecule has 138 valence electrons. The van der Waals surface area contributed by atoms with E-state index in [1.165, 1.54) is 23.5 Å². The van der Waals surface area contributed by atoms with Crippen molar-refractivity contribution in [2.45, 2.75) is 6.54 Å². The van der Waals surface area contributed by atoms with Crippen molar-refractivity contribution in [3.05, 3.63) is 69.8 Å². The van der Waals surface area contributed by atoms with Crippen molar-refractivity contribution in [3.8, 4) is 21.9 Å². The molecule has 1 aromatic heterocycles. The van der Waals surface area contributed by atoms with E-state index in [-0.39, 0.29) is 18.0 Å². The van der Waals surface area contributed by atoms with E-state index in [0.717, 1.165) is 16.2 Å². The standard InChI is InChI=1S/C20H15ClFNO3S/c21-14-2-1-3-15(22)13(14)11-23-20(24)19-7-6-18(27-19)12-4-5-16-17(10-12)26-9-8-25-16/h1-7,10H,8-9,11H2,(H,23,24). The van der Waals surface area contributed by atoms with Gasteiger partial charge >= 0.3 is 0 Å². The van der Waals surface area contributed by atoms with Crippen LogP contribution in [0.15, 0.2) is 48.5 Å². The Labute approximate surface area is 164 Å². The first kappa shape index (κ1) is 17.8. The maximum absolute atomic E-state index is 13.8. The van der Waals surface area contributed by atoms with Gasteiger partial charge in [-0.3, -0.25) is 4.79 Å². The average Bonchev–Trinajstić information content (AvgIpc) is 3.17. The molecule has 2 aromatic carbocycles. The second-order valence-corrected chi connectivity index (χ2v) is 7.40. The Kier molecular flexibility index (Phi) is 5.01. The summed E-state index contributed by atoms with van der Waals surface area (Å²) in [5.74, 6) is 0.711. The van der Waals surface area contributed by atoms with Gasteiger partial charge in [0.2, 0.25) is 0 Å². The lowest BCUT2D eigenvalue weighted by Crippen LogP contribution is -2.22. The minimum Gasteiger partial charge on any atom is -0.486 e. The van der Waals surface area contributed by atoms with E-state index in [0.29, 0.717) is 28.9 Å². The van der Waals surface area contributed by atoms with Gasteiger partial charge < -0.3 is 14.8 Å². The van der Waals surface area contributed by atoms with Gasteiger partial charge in [-0.1, -0.05) is 17.7 Å². The molecule has 4 rings (SSSR count). The summed E-state index contributed by atoms with van der Waals surface area (Å²) in [7, 11) is 0. The zero-order chi connectivity index (χ0) is 18.8. The first-order valence-corrected chi connectivity index (χ1v) is 9.52. The molecule has 1 aliphatic heterocycles. The van der Waals surface area contributed by atoms with Crippen molar-refractivity contribution < 1.29 is 18.7 Å². The zero-order valence-corrected chi connectivity index (χ0v) is 15.7. The van der Waals surface area contributed by atoms with Gasteiger partial charge in [-0.2, -0.15) is 0 Å². The molecule has 1 N–H and O–H groups in total. The number of hydrogen-bond acceptors (Lipinski definition) is 4. The first-order chi connectivity index (χ1) is 13.1. The quantitative estimate of drug-likeness (QED) is 0.673. The third kappa shape index (κ3) is 3.77. The molecule has 0 aliphatic carbocycles. The molecule has 1 aliphatic rings. The van der Waals surface area contributed by atoms with E-state index in [1.54, 1.807) is 12.1 Å². The SMILES string of the molecule is O=C(NCc1c(F)cccc1Cl)c1ccc(-c2ccc3c(c2)OCCO3)s1. The normalized spacial score (nSPS) is 12.7. The number of ether oxygens (including phenoxy) is 2. The maximum atomic E-state index is 13.8. The Balaban J connectivity index is 1.48. The number of carbonyl (C=O) groups excluding carboxylic acids is 1. The molecule has 2 heterocycles. The molecule has 0 bridgehead atoms. The van der Waals surface area contributed by atoms with Crippen molar-refractivity contribution in [1.29, 1.82) is 0 Å². The van der Waals surface area contributed by atoms with Gasteiger partial charge in [0.25, 0.3) is 5.91 Å². The summed E-state index contributed by atoms with van der Waals surface area (Å²) in [6.45, 7) is 1.09. The van der Waals surface area contributed by atoms with Gasteiger partial charge in [0, 0.05) is 22.0 Å². The van der Waals surface area contributed by atoms with Crippen LogP contribution in [0.1, 0.15) is 15.2 Å². The lowest BCUT2D eigenvalue weighted by atomic mass is 10.1. The number of nitrogens with one attached hydrogen (secondary N) is 1. The van der Waals surface area contributed by atoms with Crippen molar-refractivity contribution in [3.63, 3.8) is 0 Å². The van der Waals surface area contributed by atoms with Gasteiger partial charge in [-0.25, -0.2) is 4.39 Å². The van der Waals surface area contributed by atoms with Crippen LogP contribution in [0.2, 0.25) is 5.02 Å². The second-order valence-electron chi connectivity index (χ2n) is 5.91. The fourth-order valence-electron chi connectivity index (χ4n) is 2.77. The highest BCUT2D eigenvalue weighted by Crippen LogP contribution is 2.36. The smallest absolute Gasteiger partial charge is 0.261 e. The molecule has 0 atom stereocenters. The van der Waals surface area contributed by atoms with Gasteiger partial charge in [-0.15, -0.1) is 11.3 Å². The van der Waals surface area contributed by atoms with Crippen LogP contribution in [0.25, 0.3) is 10.4 Å². The van der Waals surface area contributed by atoms with E-state index in [2.05, 4.69) is 5.32 Å². The maximum Gasteiger partial charge on any atom is 0.261 e. The van der Waals surface area contributed by atoms with Crippen LogP contribution in [0.4, 0.5) is 4.39 Å². The zero-order valence-electron chi connectivity index (χ0n) is 14.1. The summed E-state index contributed by atoms with van der Waals surface area (Å²) >= 11 is 7.34. The highest BCUT2D eigenvalue weighted by Gasteiger charge is 2.16. The van der Waals surface area contributed by atoms with E-state index in [4.69, 9.17) is 21.1 Å². The van der Waals surface area contributed by atoms with Crippen molar-refractivity contribution in [1.82, 2.24) is 5.32 Å². The number of fused-ring (bicyclic) bond motifs is 1. The lowest BCUT2D eigenvalue weighted by Gasteiger charge is -2.18. The molecule has 0 spiro atoms. The van der Waals surface area contributed by atoms with E-state index >= 15 is 0 Å². The summed E-state index contributed by atoms with van der Waals surface area (Å²) < 4.78 is 24.9. The number of thiophene rings is 1. The number of carbonyl (C=O) groups is 1. The summed E-state index contributed by atoms with van der Waals surface area (Å²) in [6.07, 6.45) is 0. The van der Waals surface area contributed by atoms with Crippen LogP contribution in [-0.2, 0) is 6.54 Å². The second kappa shape index (κ2) is 7.58. The van der Waals surface area contributed by atoms with Crippen LogP contribution < -0.4 is 14.8 Å². The Bertz CT molecular complexity index is 984. The Morgan fingerprint density at radius 2 is 1.93 bits per heavy atom. The van der Waals surface area contributed by atoms with Crippen molar-refractivity contribution in [2.24, 2.45) is 0 Å². The van der Waals surface area contributed by atoms with Crippen molar-refractivity contribution in [2.75, 3.05) is 13.2 Å². The van der Waals surface area contributed by atoms with Crippen LogP contribution in [0.3, 0.4) is 0 Å². The molecule has 4 nitrogen and oxygen atoms in total.